The fraction of sp³-hybridized carbons (Fsp3) is 0.625. The molecule has 104 valence electrons. The molecule has 0 fully saturated rings. The summed E-state index contributed by atoms with van der Waals surface area (Å²) in [6, 6.07) is 8.41. The highest BCUT2D eigenvalue weighted by atomic mass is 15.1. The van der Waals surface area contributed by atoms with Gasteiger partial charge in [0, 0.05) is 24.9 Å². The van der Waals surface area contributed by atoms with E-state index >= 15 is 0 Å². The van der Waals surface area contributed by atoms with E-state index in [0.29, 0.717) is 0 Å². The van der Waals surface area contributed by atoms with Gasteiger partial charge in [0.1, 0.15) is 0 Å². The van der Waals surface area contributed by atoms with Gasteiger partial charge in [0.15, 0.2) is 0 Å². The molecule has 0 saturated carbocycles. The van der Waals surface area contributed by atoms with Crippen molar-refractivity contribution in [3.05, 3.63) is 30.1 Å². The number of nitrogens with zero attached hydrogens (tertiary/aromatic N) is 3. The normalized spacial score (nSPS) is 11.5. The standard InChI is InChI=1S/C16H25N3/c1-16(2,14-17)10-5-7-12-19(3)13-9-15-8-4-6-11-18-15/h4,6,8,11H,5,7,9-10,12-13H2,1-3H3. The zero-order valence-corrected chi connectivity index (χ0v) is 12.4. The Kier molecular flexibility index (Phi) is 6.52. The SMILES string of the molecule is CN(CCCCC(C)(C)C#N)CCc1ccccn1. The molecule has 0 atom stereocenters. The van der Waals surface area contributed by atoms with Crippen LogP contribution in [0.25, 0.3) is 0 Å². The van der Waals surface area contributed by atoms with Gasteiger partial charge in [0.25, 0.3) is 0 Å². The van der Waals surface area contributed by atoms with Gasteiger partial charge >= 0.3 is 0 Å². The largest absolute Gasteiger partial charge is 0.306 e. The molecule has 0 aliphatic heterocycles. The van der Waals surface area contributed by atoms with Crippen LogP contribution in [0.3, 0.4) is 0 Å². The molecule has 3 nitrogen and oxygen atoms in total. The first-order chi connectivity index (χ1) is 9.03. The fourth-order valence-electron chi connectivity index (χ4n) is 1.97. The molecule has 1 rings (SSSR count). The first-order valence-electron chi connectivity index (χ1n) is 7.03. The maximum absolute atomic E-state index is 8.95. The minimum absolute atomic E-state index is 0.174. The summed E-state index contributed by atoms with van der Waals surface area (Å²) in [6.45, 7) is 6.16. The third-order valence-corrected chi connectivity index (χ3v) is 3.37. The molecule has 1 aromatic heterocycles. The molecule has 0 aromatic carbocycles. The van der Waals surface area contributed by atoms with E-state index in [2.05, 4.69) is 29.1 Å². The monoisotopic (exact) mass is 259 g/mol. The Labute approximate surface area is 117 Å². The lowest BCUT2D eigenvalue weighted by Crippen LogP contribution is -2.23. The predicted octanol–water partition coefficient (Wildman–Crippen LogP) is 3.28. The predicted molar refractivity (Wildman–Crippen MR) is 78.7 cm³/mol. The highest BCUT2D eigenvalue weighted by molar-refractivity contribution is 5.03. The van der Waals surface area contributed by atoms with Crippen molar-refractivity contribution in [3.8, 4) is 6.07 Å². The van der Waals surface area contributed by atoms with E-state index in [9.17, 15) is 0 Å². The van der Waals surface area contributed by atoms with Crippen molar-refractivity contribution in [2.45, 2.75) is 39.5 Å². The van der Waals surface area contributed by atoms with Crippen molar-refractivity contribution < 1.29 is 0 Å². The lowest BCUT2D eigenvalue weighted by Gasteiger charge is -2.18. The second kappa shape index (κ2) is 7.91. The van der Waals surface area contributed by atoms with E-state index in [0.717, 1.165) is 44.5 Å². The first kappa shape index (κ1) is 15.7. The summed E-state index contributed by atoms with van der Waals surface area (Å²) in [5.41, 5.74) is 0.979. The van der Waals surface area contributed by atoms with Crippen LogP contribution in [-0.4, -0.2) is 30.0 Å². The Hall–Kier alpha value is -1.40. The van der Waals surface area contributed by atoms with Crippen molar-refractivity contribution in [2.24, 2.45) is 5.41 Å². The highest BCUT2D eigenvalue weighted by Crippen LogP contribution is 2.21. The van der Waals surface area contributed by atoms with E-state index in [1.165, 1.54) is 0 Å². The number of aromatic nitrogens is 1. The van der Waals surface area contributed by atoms with Crippen LogP contribution in [-0.2, 0) is 6.42 Å². The summed E-state index contributed by atoms with van der Waals surface area (Å²) < 4.78 is 0. The van der Waals surface area contributed by atoms with E-state index in [1.807, 2.05) is 32.2 Å². The number of pyridine rings is 1. The number of nitriles is 1. The Bertz CT molecular complexity index is 392. The van der Waals surface area contributed by atoms with Crippen LogP contribution in [0.5, 0.6) is 0 Å². The molecule has 0 unspecified atom stereocenters. The molecule has 19 heavy (non-hydrogen) atoms. The first-order valence-corrected chi connectivity index (χ1v) is 7.03. The minimum atomic E-state index is -0.174. The number of rotatable bonds is 8. The molecule has 0 bridgehead atoms. The smallest absolute Gasteiger partial charge is 0.0683 e. The summed E-state index contributed by atoms with van der Waals surface area (Å²) in [5, 5.41) is 8.95. The zero-order valence-electron chi connectivity index (χ0n) is 12.4. The molecule has 1 heterocycles. The zero-order chi connectivity index (χ0) is 14.1. The van der Waals surface area contributed by atoms with Crippen molar-refractivity contribution in [2.75, 3.05) is 20.1 Å². The average molecular weight is 259 g/mol. The number of hydrogen-bond donors (Lipinski definition) is 0. The van der Waals surface area contributed by atoms with Gasteiger partial charge < -0.3 is 4.90 Å². The van der Waals surface area contributed by atoms with Crippen molar-refractivity contribution >= 4 is 0 Å². The van der Waals surface area contributed by atoms with Gasteiger partial charge in [0.05, 0.1) is 11.5 Å². The van der Waals surface area contributed by atoms with Crippen LogP contribution in [0.2, 0.25) is 0 Å². The Balaban J connectivity index is 2.12. The van der Waals surface area contributed by atoms with Crippen molar-refractivity contribution in [1.29, 1.82) is 5.26 Å². The Morgan fingerprint density at radius 2 is 2.05 bits per heavy atom. The molecule has 3 heteroatoms. The van der Waals surface area contributed by atoms with E-state index in [4.69, 9.17) is 5.26 Å². The van der Waals surface area contributed by atoms with Gasteiger partial charge in [-0.1, -0.05) is 12.5 Å². The van der Waals surface area contributed by atoms with E-state index in [-0.39, 0.29) is 5.41 Å². The van der Waals surface area contributed by atoms with Crippen LogP contribution in [0.4, 0.5) is 0 Å². The molecule has 0 aliphatic carbocycles. The van der Waals surface area contributed by atoms with Crippen molar-refractivity contribution in [3.63, 3.8) is 0 Å². The van der Waals surface area contributed by atoms with Gasteiger partial charge in [0.2, 0.25) is 0 Å². The van der Waals surface area contributed by atoms with Crippen LogP contribution >= 0.6 is 0 Å². The van der Waals surface area contributed by atoms with Gasteiger partial charge in [-0.2, -0.15) is 5.26 Å². The van der Waals surface area contributed by atoms with Gasteiger partial charge in [-0.3, -0.25) is 4.98 Å². The number of hydrogen-bond acceptors (Lipinski definition) is 3. The molecule has 0 aliphatic rings. The lowest BCUT2D eigenvalue weighted by atomic mass is 9.89. The topological polar surface area (TPSA) is 39.9 Å². The van der Waals surface area contributed by atoms with Gasteiger partial charge in [-0.15, -0.1) is 0 Å². The van der Waals surface area contributed by atoms with Crippen LogP contribution < -0.4 is 0 Å². The molecule has 0 saturated heterocycles. The average Bonchev–Trinajstić information content (AvgIpc) is 2.42. The molecule has 0 N–H and O–H groups in total. The molecular formula is C16H25N3. The third-order valence-electron chi connectivity index (χ3n) is 3.37. The lowest BCUT2D eigenvalue weighted by molar-refractivity contribution is 0.316. The third kappa shape index (κ3) is 6.93. The van der Waals surface area contributed by atoms with Crippen LogP contribution in [0.15, 0.2) is 24.4 Å². The summed E-state index contributed by atoms with van der Waals surface area (Å²) in [4.78, 5) is 6.67. The Morgan fingerprint density at radius 3 is 2.68 bits per heavy atom. The second-order valence-corrected chi connectivity index (χ2v) is 5.83. The maximum atomic E-state index is 8.95. The Morgan fingerprint density at radius 1 is 1.26 bits per heavy atom. The van der Waals surface area contributed by atoms with Crippen molar-refractivity contribution in [1.82, 2.24) is 9.88 Å². The quantitative estimate of drug-likeness (QED) is 0.673. The number of unbranched alkanes of at least 4 members (excludes halogenated alkanes) is 1. The molecule has 0 radical (unpaired) electrons. The molecule has 0 amide bonds. The number of likely N-dealkylation sites (N-methyl/N-ethyl adjacent to an activating group) is 1. The maximum Gasteiger partial charge on any atom is 0.0683 e. The molecule has 0 spiro atoms. The highest BCUT2D eigenvalue weighted by Gasteiger charge is 2.15. The van der Waals surface area contributed by atoms with E-state index < -0.39 is 0 Å². The van der Waals surface area contributed by atoms with E-state index in [1.54, 1.807) is 0 Å². The molecule has 1 aromatic rings. The molecular weight excluding hydrogens is 234 g/mol. The summed E-state index contributed by atoms with van der Waals surface area (Å²) in [7, 11) is 2.15. The second-order valence-electron chi connectivity index (χ2n) is 5.83. The van der Waals surface area contributed by atoms with Gasteiger partial charge in [-0.05, 0) is 52.4 Å². The van der Waals surface area contributed by atoms with Crippen LogP contribution in [0, 0.1) is 16.7 Å². The summed E-state index contributed by atoms with van der Waals surface area (Å²) >= 11 is 0. The fourth-order valence-corrected chi connectivity index (χ4v) is 1.97. The minimum Gasteiger partial charge on any atom is -0.306 e. The summed E-state index contributed by atoms with van der Waals surface area (Å²) in [6.07, 6.45) is 6.11. The van der Waals surface area contributed by atoms with Gasteiger partial charge in [-0.25, -0.2) is 0 Å². The van der Waals surface area contributed by atoms with Crippen LogP contribution in [0.1, 0.15) is 38.8 Å². The summed E-state index contributed by atoms with van der Waals surface area (Å²) in [5.74, 6) is 0.